The van der Waals surface area contributed by atoms with Gasteiger partial charge in [0.15, 0.2) is 5.65 Å². The molecule has 1 aliphatic rings. The van der Waals surface area contributed by atoms with Crippen LogP contribution in [0.15, 0.2) is 47.8 Å². The van der Waals surface area contributed by atoms with Gasteiger partial charge in [0.1, 0.15) is 5.56 Å². The molecule has 0 spiro atoms. The van der Waals surface area contributed by atoms with Gasteiger partial charge < -0.3 is 9.64 Å². The summed E-state index contributed by atoms with van der Waals surface area (Å²) in [5, 5.41) is 0. The first kappa shape index (κ1) is 14.6. The third-order valence-corrected chi connectivity index (χ3v) is 3.99. The van der Waals surface area contributed by atoms with Crippen LogP contribution in [0.2, 0.25) is 0 Å². The predicted molar refractivity (Wildman–Crippen MR) is 85.3 cm³/mol. The molecule has 8 nitrogen and oxygen atoms in total. The molecular weight excluding hydrogens is 310 g/mol. The van der Waals surface area contributed by atoms with Crippen LogP contribution in [0.5, 0.6) is 0 Å². The highest BCUT2D eigenvalue weighted by atomic mass is 16.5. The molecule has 0 aliphatic carbocycles. The van der Waals surface area contributed by atoms with E-state index in [-0.39, 0.29) is 11.5 Å². The van der Waals surface area contributed by atoms with E-state index < -0.39 is 5.56 Å². The third kappa shape index (κ3) is 2.37. The first-order valence-electron chi connectivity index (χ1n) is 7.62. The quantitative estimate of drug-likeness (QED) is 0.679. The van der Waals surface area contributed by atoms with Crippen molar-refractivity contribution in [3.8, 4) is 5.69 Å². The second-order valence-electron chi connectivity index (χ2n) is 5.42. The smallest absolute Gasteiger partial charge is 0.286 e. The minimum absolute atomic E-state index is 0.0539. The monoisotopic (exact) mass is 325 g/mol. The van der Waals surface area contributed by atoms with Crippen molar-refractivity contribution in [1.29, 1.82) is 0 Å². The zero-order valence-electron chi connectivity index (χ0n) is 12.8. The summed E-state index contributed by atoms with van der Waals surface area (Å²) in [5.74, 6) is -0.316. The maximum atomic E-state index is 12.9. The fourth-order valence-electron chi connectivity index (χ4n) is 2.76. The molecule has 0 bridgehead atoms. The first-order valence-corrected chi connectivity index (χ1v) is 7.62. The number of carbonyl (C=O) groups is 1. The van der Waals surface area contributed by atoms with E-state index in [4.69, 9.17) is 4.74 Å². The molecule has 0 N–H and O–H groups in total. The van der Waals surface area contributed by atoms with Gasteiger partial charge in [-0.05, 0) is 12.1 Å². The van der Waals surface area contributed by atoms with Crippen molar-refractivity contribution in [2.24, 2.45) is 0 Å². The highest BCUT2D eigenvalue weighted by Gasteiger charge is 2.23. The van der Waals surface area contributed by atoms with Gasteiger partial charge in [-0.3, -0.25) is 19.3 Å². The van der Waals surface area contributed by atoms with Crippen molar-refractivity contribution in [2.45, 2.75) is 0 Å². The molecule has 1 amide bonds. The summed E-state index contributed by atoms with van der Waals surface area (Å²) in [6.45, 7) is 1.92. The zero-order valence-corrected chi connectivity index (χ0v) is 12.8. The Labute approximate surface area is 136 Å². The zero-order chi connectivity index (χ0) is 16.5. The molecule has 1 fully saturated rings. The number of rotatable bonds is 2. The average Bonchev–Trinajstić information content (AvgIpc) is 3.08. The van der Waals surface area contributed by atoms with E-state index in [2.05, 4.69) is 9.97 Å². The van der Waals surface area contributed by atoms with Crippen molar-refractivity contribution in [3.63, 3.8) is 0 Å². The molecule has 122 valence electrons. The van der Waals surface area contributed by atoms with E-state index in [0.717, 1.165) is 0 Å². The molecule has 8 heteroatoms. The Hall–Kier alpha value is -3.00. The molecule has 0 saturated carbocycles. The molecule has 0 unspecified atom stereocenters. The Morgan fingerprint density at radius 2 is 2.00 bits per heavy atom. The van der Waals surface area contributed by atoms with Crippen molar-refractivity contribution in [2.75, 3.05) is 26.3 Å². The maximum absolute atomic E-state index is 12.9. The summed E-state index contributed by atoms with van der Waals surface area (Å²) in [6.07, 6.45) is 6.37. The molecule has 1 saturated heterocycles. The minimum atomic E-state index is -0.398. The largest absolute Gasteiger partial charge is 0.378 e. The van der Waals surface area contributed by atoms with Crippen LogP contribution in [0.1, 0.15) is 10.4 Å². The Kier molecular flexibility index (Phi) is 3.58. The van der Waals surface area contributed by atoms with Crippen molar-refractivity contribution in [3.05, 3.63) is 58.9 Å². The Balaban J connectivity index is 1.83. The number of morpholine rings is 1. The van der Waals surface area contributed by atoms with Crippen molar-refractivity contribution >= 4 is 11.6 Å². The average molecular weight is 325 g/mol. The SMILES string of the molecule is O=C(c1cnc2ccn(-c3cccnc3)n2c1=O)N1CCOCC1. The summed E-state index contributed by atoms with van der Waals surface area (Å²) in [7, 11) is 0. The first-order chi connectivity index (χ1) is 11.8. The minimum Gasteiger partial charge on any atom is -0.378 e. The van der Waals surface area contributed by atoms with Gasteiger partial charge in [-0.1, -0.05) is 0 Å². The van der Waals surface area contributed by atoms with E-state index in [1.807, 2.05) is 6.07 Å². The number of pyridine rings is 1. The lowest BCUT2D eigenvalue weighted by atomic mass is 10.2. The van der Waals surface area contributed by atoms with E-state index in [1.165, 1.54) is 10.7 Å². The molecule has 24 heavy (non-hydrogen) atoms. The fraction of sp³-hybridized carbons (Fsp3) is 0.250. The lowest BCUT2D eigenvalue weighted by Gasteiger charge is -2.26. The number of aromatic nitrogens is 4. The second-order valence-corrected chi connectivity index (χ2v) is 5.42. The lowest BCUT2D eigenvalue weighted by molar-refractivity contribution is 0.0301. The van der Waals surface area contributed by atoms with Crippen molar-refractivity contribution < 1.29 is 9.53 Å². The van der Waals surface area contributed by atoms with Crippen LogP contribution in [0.4, 0.5) is 0 Å². The molecule has 0 aromatic carbocycles. The van der Waals surface area contributed by atoms with Gasteiger partial charge in [0.2, 0.25) is 0 Å². The molecule has 4 rings (SSSR count). The Morgan fingerprint density at radius 3 is 2.75 bits per heavy atom. The third-order valence-electron chi connectivity index (χ3n) is 3.99. The Bertz CT molecular complexity index is 941. The van der Waals surface area contributed by atoms with E-state index in [1.54, 1.807) is 40.3 Å². The van der Waals surface area contributed by atoms with Gasteiger partial charge in [0.25, 0.3) is 11.5 Å². The van der Waals surface area contributed by atoms with Gasteiger partial charge in [-0.2, -0.15) is 4.52 Å². The van der Waals surface area contributed by atoms with Crippen LogP contribution in [-0.4, -0.2) is 56.3 Å². The molecule has 1 aliphatic heterocycles. The van der Waals surface area contributed by atoms with Gasteiger partial charge in [0, 0.05) is 37.7 Å². The van der Waals surface area contributed by atoms with Crippen LogP contribution in [0, 0.1) is 0 Å². The topological polar surface area (TPSA) is 81.7 Å². The maximum Gasteiger partial charge on any atom is 0.286 e. The number of hydrogen-bond donors (Lipinski definition) is 0. The van der Waals surface area contributed by atoms with E-state index in [9.17, 15) is 9.59 Å². The van der Waals surface area contributed by atoms with Crippen LogP contribution >= 0.6 is 0 Å². The molecular formula is C16H15N5O3. The molecule has 3 aromatic rings. The highest BCUT2D eigenvalue weighted by molar-refractivity contribution is 5.93. The Morgan fingerprint density at radius 1 is 1.17 bits per heavy atom. The molecule has 3 aromatic heterocycles. The normalized spacial score (nSPS) is 14.9. The standard InChI is InChI=1S/C16H15N5O3/c22-15(19-6-8-24-9-7-19)13-11-18-14-3-5-20(21(14)16(13)23)12-2-1-4-17-10-12/h1-5,10-11H,6-9H2. The number of carbonyl (C=O) groups excluding carboxylic acids is 1. The van der Waals surface area contributed by atoms with Crippen molar-refractivity contribution in [1.82, 2.24) is 24.1 Å². The molecule has 0 radical (unpaired) electrons. The molecule has 0 atom stereocenters. The number of amides is 1. The summed E-state index contributed by atoms with van der Waals surface area (Å²) in [6, 6.07) is 5.33. The van der Waals surface area contributed by atoms with Gasteiger partial charge in [-0.25, -0.2) is 4.98 Å². The highest BCUT2D eigenvalue weighted by Crippen LogP contribution is 2.09. The van der Waals surface area contributed by atoms with Crippen LogP contribution in [0.25, 0.3) is 11.3 Å². The van der Waals surface area contributed by atoms with Gasteiger partial charge in [-0.15, -0.1) is 0 Å². The number of nitrogens with zero attached hydrogens (tertiary/aromatic N) is 5. The van der Waals surface area contributed by atoms with E-state index >= 15 is 0 Å². The number of hydrogen-bond acceptors (Lipinski definition) is 5. The van der Waals surface area contributed by atoms with Gasteiger partial charge >= 0.3 is 0 Å². The summed E-state index contributed by atoms with van der Waals surface area (Å²) >= 11 is 0. The summed E-state index contributed by atoms with van der Waals surface area (Å²) < 4.78 is 8.26. The van der Waals surface area contributed by atoms with Crippen LogP contribution in [0.3, 0.4) is 0 Å². The fourth-order valence-corrected chi connectivity index (χ4v) is 2.76. The summed E-state index contributed by atoms with van der Waals surface area (Å²) in [5.41, 5.74) is 0.846. The van der Waals surface area contributed by atoms with E-state index in [0.29, 0.717) is 37.6 Å². The molecule has 4 heterocycles. The summed E-state index contributed by atoms with van der Waals surface area (Å²) in [4.78, 5) is 35.4. The number of ether oxygens (including phenoxy) is 1. The van der Waals surface area contributed by atoms with Crippen LogP contribution < -0.4 is 5.56 Å². The lowest BCUT2D eigenvalue weighted by Crippen LogP contribution is -2.43. The van der Waals surface area contributed by atoms with Gasteiger partial charge in [0.05, 0.1) is 25.1 Å². The predicted octanol–water partition coefficient (Wildman–Crippen LogP) is 0.353. The second kappa shape index (κ2) is 5.89. The number of fused-ring (bicyclic) bond motifs is 1. The van der Waals surface area contributed by atoms with Crippen LogP contribution in [-0.2, 0) is 4.74 Å².